The van der Waals surface area contributed by atoms with Crippen LogP contribution in [0.5, 0.6) is 0 Å². The Labute approximate surface area is 170 Å². The van der Waals surface area contributed by atoms with E-state index in [1.54, 1.807) is 16.8 Å². The van der Waals surface area contributed by atoms with Crippen molar-refractivity contribution in [3.05, 3.63) is 45.2 Å². The Morgan fingerprint density at radius 3 is 2.78 bits per heavy atom. The molecule has 0 saturated carbocycles. The molecule has 5 nitrogen and oxygen atoms in total. The van der Waals surface area contributed by atoms with Crippen molar-refractivity contribution in [2.24, 2.45) is 5.92 Å². The zero-order chi connectivity index (χ0) is 19.6. The predicted octanol–water partition coefficient (Wildman–Crippen LogP) is 4.59. The van der Waals surface area contributed by atoms with Gasteiger partial charge in [-0.3, -0.25) is 4.79 Å². The van der Waals surface area contributed by atoms with E-state index in [1.807, 2.05) is 13.0 Å². The minimum absolute atomic E-state index is 0.105. The molecule has 1 saturated heterocycles. The van der Waals surface area contributed by atoms with E-state index in [9.17, 15) is 4.79 Å². The molecule has 2 aromatic rings. The maximum atomic E-state index is 12.9. The van der Waals surface area contributed by atoms with Crippen molar-refractivity contribution in [1.82, 2.24) is 15.1 Å². The number of hydrogen-bond donors (Lipinski definition) is 1. The van der Waals surface area contributed by atoms with Crippen LogP contribution in [0.25, 0.3) is 5.69 Å². The van der Waals surface area contributed by atoms with Gasteiger partial charge in [0.2, 0.25) is 0 Å². The molecule has 1 atom stereocenters. The van der Waals surface area contributed by atoms with Crippen molar-refractivity contribution < 1.29 is 9.53 Å². The van der Waals surface area contributed by atoms with Crippen molar-refractivity contribution in [3.8, 4) is 5.69 Å². The lowest BCUT2D eigenvalue weighted by Crippen LogP contribution is -2.32. The highest BCUT2D eigenvalue weighted by atomic mass is 35.5. The van der Waals surface area contributed by atoms with Gasteiger partial charge in [0, 0.05) is 13.2 Å². The van der Waals surface area contributed by atoms with Crippen molar-refractivity contribution in [3.63, 3.8) is 0 Å². The van der Waals surface area contributed by atoms with Gasteiger partial charge in [-0.25, -0.2) is 4.68 Å². The van der Waals surface area contributed by atoms with Gasteiger partial charge in [0.05, 0.1) is 38.8 Å². The fraction of sp³-hybridized carbons (Fsp3) is 0.500. The van der Waals surface area contributed by atoms with Crippen LogP contribution >= 0.6 is 23.2 Å². The summed E-state index contributed by atoms with van der Waals surface area (Å²) in [6.45, 7) is 7.42. The fourth-order valence-electron chi connectivity index (χ4n) is 3.35. The number of ether oxygens (including phenoxy) is 1. The Morgan fingerprint density at radius 2 is 2.15 bits per heavy atom. The highest BCUT2D eigenvalue weighted by Crippen LogP contribution is 2.27. The molecule has 1 aromatic heterocycles. The standard InChI is InChI=1S/C20H25Cl2N3O2/c1-12(2)9-18-19(20(26)23-11-15-5-4-8-27-15)13(3)25(24-18)14-6-7-16(21)17(22)10-14/h6-7,10,12,15H,4-5,8-9,11H2,1-3H3,(H,23,26)/t15-/m0/s1. The van der Waals surface area contributed by atoms with Gasteiger partial charge >= 0.3 is 0 Å². The van der Waals surface area contributed by atoms with E-state index in [4.69, 9.17) is 33.0 Å². The van der Waals surface area contributed by atoms with Crippen LogP contribution in [0.15, 0.2) is 18.2 Å². The van der Waals surface area contributed by atoms with Gasteiger partial charge in [-0.2, -0.15) is 5.10 Å². The molecule has 1 N–H and O–H groups in total. The average Bonchev–Trinajstić information content (AvgIpc) is 3.23. The Bertz CT molecular complexity index is 827. The molecular formula is C20H25Cl2N3O2. The van der Waals surface area contributed by atoms with Gasteiger partial charge in [-0.05, 0) is 50.3 Å². The molecule has 0 unspecified atom stereocenters. The van der Waals surface area contributed by atoms with Crippen LogP contribution in [0.4, 0.5) is 0 Å². The number of halogens is 2. The molecule has 0 aliphatic carbocycles. The van der Waals surface area contributed by atoms with Gasteiger partial charge in [-0.15, -0.1) is 0 Å². The number of carbonyl (C=O) groups is 1. The number of nitrogens with zero attached hydrogens (tertiary/aromatic N) is 2. The van der Waals surface area contributed by atoms with E-state index < -0.39 is 0 Å². The Morgan fingerprint density at radius 1 is 1.37 bits per heavy atom. The Balaban J connectivity index is 1.91. The molecule has 0 bridgehead atoms. The third-order valence-electron chi connectivity index (χ3n) is 4.68. The lowest BCUT2D eigenvalue weighted by molar-refractivity contribution is 0.0856. The molecule has 1 amide bonds. The van der Waals surface area contributed by atoms with E-state index in [0.717, 1.165) is 42.9 Å². The summed E-state index contributed by atoms with van der Waals surface area (Å²) in [4.78, 5) is 12.9. The predicted molar refractivity (Wildman–Crippen MR) is 108 cm³/mol. The normalized spacial score (nSPS) is 16.9. The van der Waals surface area contributed by atoms with Crippen LogP contribution in [-0.4, -0.2) is 34.9 Å². The first-order valence-electron chi connectivity index (χ1n) is 9.30. The monoisotopic (exact) mass is 409 g/mol. The summed E-state index contributed by atoms with van der Waals surface area (Å²) >= 11 is 12.2. The van der Waals surface area contributed by atoms with E-state index in [0.29, 0.717) is 28.1 Å². The van der Waals surface area contributed by atoms with E-state index in [-0.39, 0.29) is 12.0 Å². The summed E-state index contributed by atoms with van der Waals surface area (Å²) in [7, 11) is 0. The van der Waals surface area contributed by atoms with Crippen molar-refractivity contribution in [2.75, 3.05) is 13.2 Å². The number of aromatic nitrogens is 2. The highest BCUT2D eigenvalue weighted by molar-refractivity contribution is 6.42. The molecule has 27 heavy (non-hydrogen) atoms. The number of carbonyl (C=O) groups excluding carboxylic acids is 1. The largest absolute Gasteiger partial charge is 0.376 e. The van der Waals surface area contributed by atoms with Crippen LogP contribution in [-0.2, 0) is 11.2 Å². The average molecular weight is 410 g/mol. The zero-order valence-corrected chi connectivity index (χ0v) is 17.4. The first-order chi connectivity index (χ1) is 12.9. The Kier molecular flexibility index (Phi) is 6.45. The lowest BCUT2D eigenvalue weighted by atomic mass is 10.0. The summed E-state index contributed by atoms with van der Waals surface area (Å²) in [5.74, 6) is 0.274. The van der Waals surface area contributed by atoms with Gasteiger partial charge in [0.15, 0.2) is 0 Å². The maximum absolute atomic E-state index is 12.9. The molecule has 1 aliphatic heterocycles. The van der Waals surface area contributed by atoms with Crippen LogP contribution in [0.2, 0.25) is 10.0 Å². The minimum Gasteiger partial charge on any atom is -0.376 e. The number of nitrogens with one attached hydrogen (secondary N) is 1. The summed E-state index contributed by atoms with van der Waals surface area (Å²) < 4.78 is 7.37. The molecule has 1 fully saturated rings. The summed E-state index contributed by atoms with van der Waals surface area (Å²) in [5.41, 5.74) is 2.99. The summed E-state index contributed by atoms with van der Waals surface area (Å²) in [6, 6.07) is 5.35. The fourth-order valence-corrected chi connectivity index (χ4v) is 3.65. The van der Waals surface area contributed by atoms with Crippen LogP contribution in [0, 0.1) is 12.8 Å². The number of benzene rings is 1. The first-order valence-corrected chi connectivity index (χ1v) is 10.1. The smallest absolute Gasteiger partial charge is 0.255 e. The molecule has 0 radical (unpaired) electrons. The number of rotatable bonds is 6. The summed E-state index contributed by atoms with van der Waals surface area (Å²) in [5, 5.41) is 8.68. The minimum atomic E-state index is -0.107. The van der Waals surface area contributed by atoms with Gasteiger partial charge < -0.3 is 10.1 Å². The Hall–Kier alpha value is -1.56. The molecular weight excluding hydrogens is 385 g/mol. The van der Waals surface area contributed by atoms with E-state index in [2.05, 4.69) is 19.2 Å². The summed E-state index contributed by atoms with van der Waals surface area (Å²) in [6.07, 6.45) is 2.86. The second-order valence-electron chi connectivity index (χ2n) is 7.36. The molecule has 2 heterocycles. The highest BCUT2D eigenvalue weighted by Gasteiger charge is 2.24. The third kappa shape index (κ3) is 4.65. The van der Waals surface area contributed by atoms with Crippen molar-refractivity contribution in [2.45, 2.75) is 46.1 Å². The second kappa shape index (κ2) is 8.63. The molecule has 0 spiro atoms. The number of amides is 1. The van der Waals surface area contributed by atoms with Gasteiger partial charge in [0.25, 0.3) is 5.91 Å². The first kappa shape index (κ1) is 20.2. The third-order valence-corrected chi connectivity index (χ3v) is 5.42. The number of hydrogen-bond acceptors (Lipinski definition) is 3. The van der Waals surface area contributed by atoms with Crippen LogP contribution in [0.3, 0.4) is 0 Å². The quantitative estimate of drug-likeness (QED) is 0.758. The second-order valence-corrected chi connectivity index (χ2v) is 8.17. The zero-order valence-electron chi connectivity index (χ0n) is 15.9. The molecule has 1 aromatic carbocycles. The molecule has 146 valence electrons. The SMILES string of the molecule is Cc1c(C(=O)NC[C@@H]2CCCO2)c(CC(C)C)nn1-c1ccc(Cl)c(Cl)c1. The van der Waals surface area contributed by atoms with Crippen LogP contribution in [0.1, 0.15) is 48.4 Å². The van der Waals surface area contributed by atoms with E-state index >= 15 is 0 Å². The topological polar surface area (TPSA) is 56.1 Å². The lowest BCUT2D eigenvalue weighted by Gasteiger charge is -2.12. The molecule has 7 heteroatoms. The molecule has 1 aliphatic rings. The molecule has 3 rings (SSSR count). The van der Waals surface area contributed by atoms with E-state index in [1.165, 1.54) is 0 Å². The van der Waals surface area contributed by atoms with Gasteiger partial charge in [0.1, 0.15) is 0 Å². The van der Waals surface area contributed by atoms with Gasteiger partial charge in [-0.1, -0.05) is 37.0 Å². The van der Waals surface area contributed by atoms with Crippen molar-refractivity contribution in [1.29, 1.82) is 0 Å². The van der Waals surface area contributed by atoms with Crippen LogP contribution < -0.4 is 5.32 Å². The maximum Gasteiger partial charge on any atom is 0.255 e. The van der Waals surface area contributed by atoms with Crippen molar-refractivity contribution >= 4 is 29.1 Å².